The Hall–Kier alpha value is -1.59. The van der Waals surface area contributed by atoms with E-state index in [1.165, 1.54) is 0 Å². The van der Waals surface area contributed by atoms with Gasteiger partial charge < -0.3 is 9.15 Å². The maximum absolute atomic E-state index is 6.05. The number of pyridine rings is 1. The normalized spacial score (nSPS) is 16.8. The zero-order valence-electron chi connectivity index (χ0n) is 12.7. The summed E-state index contributed by atoms with van der Waals surface area (Å²) >= 11 is 6.05. The summed E-state index contributed by atoms with van der Waals surface area (Å²) in [5, 5.41) is 0.571. The molecule has 0 spiro atoms. The first-order valence-electron chi connectivity index (χ1n) is 7.57. The van der Waals surface area contributed by atoms with Crippen LogP contribution in [0.1, 0.15) is 24.4 Å². The van der Waals surface area contributed by atoms with Crippen molar-refractivity contribution in [1.82, 2.24) is 14.9 Å². The molecule has 0 amide bonds. The van der Waals surface area contributed by atoms with Gasteiger partial charge in [-0.15, -0.1) is 0 Å². The maximum atomic E-state index is 6.05. The second-order valence-corrected chi connectivity index (χ2v) is 6.09. The maximum Gasteiger partial charge on any atom is 0.232 e. The Kier molecular flexibility index (Phi) is 4.95. The van der Waals surface area contributed by atoms with Crippen molar-refractivity contribution in [3.05, 3.63) is 41.2 Å². The van der Waals surface area contributed by atoms with Gasteiger partial charge >= 0.3 is 0 Å². The van der Waals surface area contributed by atoms with Crippen LogP contribution in [0.15, 0.2) is 29.0 Å². The van der Waals surface area contributed by atoms with Gasteiger partial charge in [-0.2, -0.15) is 0 Å². The minimum absolute atomic E-state index is 0.532. The second-order valence-electron chi connectivity index (χ2n) is 5.68. The quantitative estimate of drug-likeness (QED) is 0.845. The highest BCUT2D eigenvalue weighted by molar-refractivity contribution is 6.31. The summed E-state index contributed by atoms with van der Waals surface area (Å²) < 4.78 is 11.0. The van der Waals surface area contributed by atoms with Crippen molar-refractivity contribution in [2.24, 2.45) is 5.92 Å². The molecule has 6 heteroatoms. The van der Waals surface area contributed by atoms with Crippen molar-refractivity contribution < 1.29 is 9.15 Å². The molecule has 2 aromatic heterocycles. The number of hydrogen-bond acceptors (Lipinski definition) is 5. The Morgan fingerprint density at radius 1 is 1.41 bits per heavy atom. The van der Waals surface area contributed by atoms with E-state index in [1.807, 2.05) is 6.92 Å². The van der Waals surface area contributed by atoms with Crippen LogP contribution in [0.2, 0.25) is 5.02 Å². The van der Waals surface area contributed by atoms with E-state index >= 15 is 0 Å². The van der Waals surface area contributed by atoms with Crippen molar-refractivity contribution in [3.63, 3.8) is 0 Å². The highest BCUT2D eigenvalue weighted by Gasteiger charge is 2.21. The Balaban J connectivity index is 1.43. The number of hydrogen-bond donors (Lipinski definition) is 0. The lowest BCUT2D eigenvalue weighted by Crippen LogP contribution is -2.35. The predicted octanol–water partition coefficient (Wildman–Crippen LogP) is 3.32. The monoisotopic (exact) mass is 321 g/mol. The van der Waals surface area contributed by atoms with E-state index in [4.69, 9.17) is 20.8 Å². The molecule has 2 aromatic rings. The van der Waals surface area contributed by atoms with Gasteiger partial charge in [-0.05, 0) is 44.0 Å². The molecule has 1 fully saturated rings. The molecule has 0 saturated carbocycles. The first-order chi connectivity index (χ1) is 10.7. The zero-order valence-corrected chi connectivity index (χ0v) is 13.4. The van der Waals surface area contributed by atoms with Gasteiger partial charge in [0, 0.05) is 19.7 Å². The second kappa shape index (κ2) is 7.11. The lowest BCUT2D eigenvalue weighted by molar-refractivity contribution is 0.133. The molecule has 5 nitrogen and oxygen atoms in total. The molecule has 0 aliphatic carbocycles. The van der Waals surface area contributed by atoms with Crippen LogP contribution in [0.3, 0.4) is 0 Å². The lowest BCUT2D eigenvalue weighted by atomic mass is 9.98. The Morgan fingerprint density at radius 2 is 2.23 bits per heavy atom. The summed E-state index contributed by atoms with van der Waals surface area (Å²) in [5.41, 5.74) is 1.01. The highest BCUT2D eigenvalue weighted by Crippen LogP contribution is 2.23. The number of rotatable bonds is 5. The summed E-state index contributed by atoms with van der Waals surface area (Å²) in [4.78, 5) is 10.9. The number of nitrogens with zero attached hydrogens (tertiary/aromatic N) is 3. The third kappa shape index (κ3) is 3.99. The number of piperidine rings is 1. The molecule has 0 N–H and O–H groups in total. The molecule has 0 unspecified atom stereocenters. The molecule has 3 rings (SSSR count). The van der Waals surface area contributed by atoms with Crippen molar-refractivity contribution in [2.45, 2.75) is 26.3 Å². The van der Waals surface area contributed by atoms with Gasteiger partial charge in [0.2, 0.25) is 5.88 Å². The third-order valence-corrected chi connectivity index (χ3v) is 4.23. The number of oxazole rings is 1. The van der Waals surface area contributed by atoms with E-state index in [9.17, 15) is 0 Å². The molecular weight excluding hydrogens is 302 g/mol. The molecule has 1 aliphatic rings. The smallest absolute Gasteiger partial charge is 0.232 e. The van der Waals surface area contributed by atoms with Crippen LogP contribution in [0.5, 0.6) is 5.88 Å². The Bertz CT molecular complexity index is 609. The van der Waals surface area contributed by atoms with Gasteiger partial charge in [0.1, 0.15) is 11.3 Å². The Labute approximate surface area is 135 Å². The van der Waals surface area contributed by atoms with E-state index in [0.29, 0.717) is 23.4 Å². The van der Waals surface area contributed by atoms with Crippen LogP contribution in [-0.2, 0) is 6.54 Å². The third-order valence-electron chi connectivity index (χ3n) is 3.94. The first kappa shape index (κ1) is 15.3. The fourth-order valence-electron chi connectivity index (χ4n) is 2.70. The molecule has 0 atom stereocenters. The molecular formula is C16H20ClN3O2. The molecule has 0 aromatic carbocycles. The van der Waals surface area contributed by atoms with Crippen LogP contribution in [0.25, 0.3) is 0 Å². The molecule has 0 bridgehead atoms. The van der Waals surface area contributed by atoms with Crippen molar-refractivity contribution in [2.75, 3.05) is 19.7 Å². The highest BCUT2D eigenvalue weighted by atomic mass is 35.5. The summed E-state index contributed by atoms with van der Waals surface area (Å²) in [6.07, 6.45) is 5.67. The SMILES string of the molecule is Cc1nc(CN2CCC(COc3ncccc3Cl)CC2)co1. The molecule has 22 heavy (non-hydrogen) atoms. The first-order valence-corrected chi connectivity index (χ1v) is 7.95. The van der Waals surface area contributed by atoms with E-state index in [-0.39, 0.29) is 0 Å². The van der Waals surface area contributed by atoms with Crippen LogP contribution < -0.4 is 4.74 Å². The molecule has 1 saturated heterocycles. The zero-order chi connectivity index (χ0) is 15.4. The molecule has 1 aliphatic heterocycles. The van der Waals surface area contributed by atoms with E-state index in [1.54, 1.807) is 24.6 Å². The fraction of sp³-hybridized carbons (Fsp3) is 0.500. The van der Waals surface area contributed by atoms with Gasteiger partial charge in [0.05, 0.1) is 12.3 Å². The van der Waals surface area contributed by atoms with Crippen LogP contribution >= 0.6 is 11.6 Å². The van der Waals surface area contributed by atoms with Gasteiger partial charge in [0.25, 0.3) is 0 Å². The summed E-state index contributed by atoms with van der Waals surface area (Å²) in [6, 6.07) is 3.60. The largest absolute Gasteiger partial charge is 0.476 e. The van der Waals surface area contributed by atoms with Crippen LogP contribution in [0, 0.1) is 12.8 Å². The van der Waals surface area contributed by atoms with Gasteiger partial charge in [-0.25, -0.2) is 9.97 Å². The summed E-state index contributed by atoms with van der Waals surface area (Å²) in [5.74, 6) is 1.81. The van der Waals surface area contributed by atoms with E-state index in [2.05, 4.69) is 14.9 Å². The number of aryl methyl sites for hydroxylation is 1. The average molecular weight is 322 g/mol. The number of ether oxygens (including phenoxy) is 1. The predicted molar refractivity (Wildman–Crippen MR) is 84.0 cm³/mol. The van der Waals surface area contributed by atoms with Gasteiger partial charge in [-0.1, -0.05) is 11.6 Å². The molecule has 0 radical (unpaired) electrons. The summed E-state index contributed by atoms with van der Waals surface area (Å²) in [6.45, 7) is 5.51. The van der Waals surface area contributed by atoms with Crippen LogP contribution in [-0.4, -0.2) is 34.6 Å². The lowest BCUT2D eigenvalue weighted by Gasteiger charge is -2.31. The van der Waals surface area contributed by atoms with Crippen LogP contribution in [0.4, 0.5) is 0 Å². The van der Waals surface area contributed by atoms with Crippen molar-refractivity contribution in [1.29, 1.82) is 0 Å². The molecule has 118 valence electrons. The van der Waals surface area contributed by atoms with E-state index < -0.39 is 0 Å². The van der Waals surface area contributed by atoms with Gasteiger partial charge in [0.15, 0.2) is 5.89 Å². The standard InChI is InChI=1S/C16H20ClN3O2/c1-12-19-14(11-21-12)9-20-7-4-13(5-8-20)10-22-16-15(17)3-2-6-18-16/h2-3,6,11,13H,4-5,7-10H2,1H3. The van der Waals surface area contributed by atoms with Crippen molar-refractivity contribution >= 4 is 11.6 Å². The number of halogens is 1. The fourth-order valence-corrected chi connectivity index (χ4v) is 2.87. The minimum atomic E-state index is 0.532. The summed E-state index contributed by atoms with van der Waals surface area (Å²) in [7, 11) is 0. The number of likely N-dealkylation sites (tertiary alicyclic amines) is 1. The average Bonchev–Trinajstić information content (AvgIpc) is 2.93. The molecule has 3 heterocycles. The Morgan fingerprint density at radius 3 is 2.91 bits per heavy atom. The van der Waals surface area contributed by atoms with Crippen molar-refractivity contribution in [3.8, 4) is 5.88 Å². The minimum Gasteiger partial charge on any atom is -0.476 e. The number of aromatic nitrogens is 2. The van der Waals surface area contributed by atoms with E-state index in [0.717, 1.165) is 44.1 Å². The topological polar surface area (TPSA) is 51.4 Å². The van der Waals surface area contributed by atoms with Gasteiger partial charge in [-0.3, -0.25) is 4.90 Å².